The van der Waals surface area contributed by atoms with Crippen molar-refractivity contribution in [3.8, 4) is 11.5 Å². The van der Waals surface area contributed by atoms with Crippen molar-refractivity contribution in [1.82, 2.24) is 4.98 Å². The van der Waals surface area contributed by atoms with Crippen LogP contribution < -0.4 is 14.4 Å². The second kappa shape index (κ2) is 8.70. The molecule has 37 heavy (non-hydrogen) atoms. The van der Waals surface area contributed by atoms with Crippen LogP contribution in [-0.4, -0.2) is 35.0 Å². The van der Waals surface area contributed by atoms with Gasteiger partial charge in [-0.3, -0.25) is 14.5 Å². The number of aliphatic hydroxyl groups excluding tert-OH is 1. The Labute approximate surface area is 215 Å². The number of thiazole rings is 1. The van der Waals surface area contributed by atoms with Gasteiger partial charge in [0.05, 0.1) is 28.9 Å². The zero-order chi connectivity index (χ0) is 25.8. The van der Waals surface area contributed by atoms with Crippen LogP contribution in [0.4, 0.5) is 9.52 Å². The maximum atomic E-state index is 13.8. The number of nitrogens with zero attached hydrogens (tertiary/aromatic N) is 2. The lowest BCUT2D eigenvalue weighted by Gasteiger charge is -2.23. The first-order valence-electron chi connectivity index (χ1n) is 11.6. The highest BCUT2D eigenvalue weighted by Gasteiger charge is 2.48. The number of anilines is 1. The number of carbonyl (C=O) groups is 2. The fourth-order valence-corrected chi connectivity index (χ4v) is 5.89. The number of aliphatic hydroxyl groups is 1. The number of halogens is 1. The zero-order valence-electron chi connectivity index (χ0n) is 19.9. The first-order chi connectivity index (χ1) is 17.8. The van der Waals surface area contributed by atoms with E-state index in [1.807, 2.05) is 6.92 Å². The molecule has 1 fully saturated rings. The van der Waals surface area contributed by atoms with E-state index in [0.29, 0.717) is 33.5 Å². The molecule has 7 nitrogen and oxygen atoms in total. The van der Waals surface area contributed by atoms with E-state index in [4.69, 9.17) is 9.47 Å². The lowest BCUT2D eigenvalue weighted by molar-refractivity contribution is -0.132. The van der Waals surface area contributed by atoms with Crippen molar-refractivity contribution in [3.63, 3.8) is 0 Å². The number of ether oxygens (including phenoxy) is 2. The van der Waals surface area contributed by atoms with E-state index >= 15 is 0 Å². The van der Waals surface area contributed by atoms with Crippen molar-refractivity contribution in [2.75, 3.05) is 12.0 Å². The second-order valence-corrected chi connectivity index (χ2v) is 10.0. The predicted octanol–water partition coefficient (Wildman–Crippen LogP) is 5.39. The molecule has 2 atom stereocenters. The average molecular weight is 517 g/mol. The van der Waals surface area contributed by atoms with E-state index in [1.54, 1.807) is 42.5 Å². The number of carbonyl (C=O) groups excluding carboxylic acids is 2. The summed E-state index contributed by atoms with van der Waals surface area (Å²) in [6.45, 7) is 1.96. The van der Waals surface area contributed by atoms with Gasteiger partial charge in [0.25, 0.3) is 5.78 Å². The summed E-state index contributed by atoms with van der Waals surface area (Å²) in [6, 6.07) is 15.3. The Kier molecular flexibility index (Phi) is 5.45. The number of fused-ring (bicyclic) bond motifs is 2. The van der Waals surface area contributed by atoms with Gasteiger partial charge in [-0.2, -0.15) is 0 Å². The molecule has 1 aromatic heterocycles. The molecule has 9 heteroatoms. The molecule has 6 rings (SSSR count). The molecule has 0 saturated carbocycles. The maximum Gasteiger partial charge on any atom is 0.301 e. The first kappa shape index (κ1) is 23.2. The van der Waals surface area contributed by atoms with E-state index in [1.165, 1.54) is 30.2 Å². The van der Waals surface area contributed by atoms with E-state index in [0.717, 1.165) is 22.6 Å². The lowest BCUT2D eigenvalue weighted by Crippen LogP contribution is -2.29. The van der Waals surface area contributed by atoms with Gasteiger partial charge < -0.3 is 14.6 Å². The van der Waals surface area contributed by atoms with E-state index < -0.39 is 23.5 Å². The summed E-state index contributed by atoms with van der Waals surface area (Å²) in [7, 11) is 1.52. The molecule has 1 amide bonds. The van der Waals surface area contributed by atoms with E-state index in [-0.39, 0.29) is 22.6 Å². The third-order valence-electron chi connectivity index (χ3n) is 6.57. The van der Waals surface area contributed by atoms with Gasteiger partial charge in [-0.05, 0) is 66.6 Å². The first-order valence-corrected chi connectivity index (χ1v) is 12.5. The Bertz CT molecular complexity index is 1630. The van der Waals surface area contributed by atoms with Crippen LogP contribution in [0.25, 0.3) is 16.0 Å². The van der Waals surface area contributed by atoms with Crippen LogP contribution >= 0.6 is 11.3 Å². The Morgan fingerprint density at radius 3 is 2.81 bits per heavy atom. The molecule has 0 aliphatic carbocycles. The molecule has 4 aromatic rings. The van der Waals surface area contributed by atoms with Crippen LogP contribution in [0.3, 0.4) is 0 Å². The number of hydrogen-bond acceptors (Lipinski definition) is 7. The smallest absolute Gasteiger partial charge is 0.301 e. The number of amides is 1. The van der Waals surface area contributed by atoms with Gasteiger partial charge in [-0.15, -0.1) is 0 Å². The molecule has 0 radical (unpaired) electrons. The van der Waals surface area contributed by atoms with Crippen LogP contribution in [0.1, 0.15) is 29.7 Å². The maximum absolute atomic E-state index is 13.8. The van der Waals surface area contributed by atoms with Crippen molar-refractivity contribution < 1.29 is 28.6 Å². The molecular formula is C28H21FN2O5S. The zero-order valence-corrected chi connectivity index (χ0v) is 20.7. The summed E-state index contributed by atoms with van der Waals surface area (Å²) in [5, 5.41) is 11.7. The summed E-state index contributed by atoms with van der Waals surface area (Å²) in [5.74, 6) is -1.12. The largest absolute Gasteiger partial charge is 0.507 e. The van der Waals surface area contributed by atoms with Crippen molar-refractivity contribution >= 4 is 44.1 Å². The number of benzene rings is 3. The van der Waals surface area contributed by atoms with E-state index in [2.05, 4.69) is 4.98 Å². The minimum atomic E-state index is -0.969. The Hall–Kier alpha value is -4.24. The number of ketones is 1. The fourth-order valence-electron chi connectivity index (χ4n) is 4.87. The van der Waals surface area contributed by atoms with Crippen LogP contribution in [0.5, 0.6) is 11.5 Å². The molecule has 2 aliphatic heterocycles. The normalized spacial score (nSPS) is 20.4. The number of aromatic nitrogens is 1. The SMILES string of the molecule is COc1cccc([C@@H]2/C(=C(\O)c3ccc4c(c3)C[C@H](C)O4)C(=O)C(=O)N2c2nc3ccc(F)cc3s2)c1. The topological polar surface area (TPSA) is 89.0 Å². The molecule has 0 bridgehead atoms. The van der Waals surface area contributed by atoms with Crippen LogP contribution in [-0.2, 0) is 16.0 Å². The minimum Gasteiger partial charge on any atom is -0.507 e. The van der Waals surface area contributed by atoms with Crippen LogP contribution in [0.2, 0.25) is 0 Å². The van der Waals surface area contributed by atoms with Crippen molar-refractivity contribution in [1.29, 1.82) is 0 Å². The second-order valence-electron chi connectivity index (χ2n) is 9.01. The number of hydrogen-bond donors (Lipinski definition) is 1. The molecule has 3 heterocycles. The van der Waals surface area contributed by atoms with Gasteiger partial charge in [-0.25, -0.2) is 9.37 Å². The third kappa shape index (κ3) is 3.82. The quantitative estimate of drug-likeness (QED) is 0.222. The molecule has 186 valence electrons. The highest BCUT2D eigenvalue weighted by Crippen LogP contribution is 2.45. The van der Waals surface area contributed by atoms with Crippen LogP contribution in [0.15, 0.2) is 66.2 Å². The fraction of sp³-hybridized carbons (Fsp3) is 0.179. The summed E-state index contributed by atoms with van der Waals surface area (Å²) in [6.07, 6.45) is 0.686. The van der Waals surface area contributed by atoms with Crippen molar-refractivity contribution in [2.24, 2.45) is 0 Å². The summed E-state index contributed by atoms with van der Waals surface area (Å²) < 4.78 is 25.5. The Balaban J connectivity index is 1.54. The van der Waals surface area contributed by atoms with Gasteiger partial charge in [0.1, 0.15) is 29.2 Å². The van der Waals surface area contributed by atoms with Gasteiger partial charge in [0, 0.05) is 12.0 Å². The predicted molar refractivity (Wildman–Crippen MR) is 138 cm³/mol. The minimum absolute atomic E-state index is 0.0126. The Morgan fingerprint density at radius 2 is 2.00 bits per heavy atom. The van der Waals surface area contributed by atoms with Gasteiger partial charge >= 0.3 is 5.91 Å². The van der Waals surface area contributed by atoms with Crippen LogP contribution in [0, 0.1) is 5.82 Å². The van der Waals surface area contributed by atoms with Gasteiger partial charge in [-0.1, -0.05) is 23.5 Å². The molecule has 3 aromatic carbocycles. The van der Waals surface area contributed by atoms with Crippen molar-refractivity contribution in [2.45, 2.75) is 25.5 Å². The molecule has 2 aliphatic rings. The number of methoxy groups -OCH3 is 1. The number of rotatable bonds is 4. The van der Waals surface area contributed by atoms with E-state index in [9.17, 15) is 19.1 Å². The molecule has 0 spiro atoms. The highest BCUT2D eigenvalue weighted by molar-refractivity contribution is 7.22. The number of Topliss-reactive ketones (excluding diaryl/α,β-unsaturated/α-hetero) is 1. The van der Waals surface area contributed by atoms with Gasteiger partial charge in [0.15, 0.2) is 5.13 Å². The summed E-state index contributed by atoms with van der Waals surface area (Å²) >= 11 is 1.10. The molecular weight excluding hydrogens is 495 g/mol. The monoisotopic (exact) mass is 516 g/mol. The Morgan fingerprint density at radius 1 is 1.16 bits per heavy atom. The average Bonchev–Trinajstić information content (AvgIpc) is 3.55. The van der Waals surface area contributed by atoms with Gasteiger partial charge in [0.2, 0.25) is 0 Å². The molecule has 1 N–H and O–H groups in total. The molecule has 1 saturated heterocycles. The van der Waals surface area contributed by atoms with Crippen molar-refractivity contribution in [3.05, 3.63) is 88.7 Å². The summed E-state index contributed by atoms with van der Waals surface area (Å²) in [5.41, 5.74) is 2.32. The highest BCUT2D eigenvalue weighted by atomic mass is 32.1. The third-order valence-corrected chi connectivity index (χ3v) is 7.59. The standard InChI is InChI=1S/C28H21FN2O5S/c1-14-10-17-11-16(6-9-21(17)36-14)25(32)23-24(15-4-3-5-19(12-15)35-2)31(27(34)26(23)33)28-30-20-8-7-18(29)13-22(20)37-28/h3-9,11-14,24,32H,10H2,1-2H3/b25-23+/t14-,24+/m0/s1. The summed E-state index contributed by atoms with van der Waals surface area (Å²) in [4.78, 5) is 32.7. The molecule has 0 unspecified atom stereocenters. The lowest BCUT2D eigenvalue weighted by atomic mass is 9.94.